The minimum atomic E-state index is -0.0318. The van der Waals surface area contributed by atoms with Crippen molar-refractivity contribution in [3.8, 4) is 0 Å². The third kappa shape index (κ3) is 2.33. The van der Waals surface area contributed by atoms with Gasteiger partial charge in [0, 0.05) is 37.2 Å². The van der Waals surface area contributed by atoms with Crippen molar-refractivity contribution in [1.29, 1.82) is 0 Å². The van der Waals surface area contributed by atoms with Crippen LogP contribution in [-0.2, 0) is 4.74 Å². The fourth-order valence-electron chi connectivity index (χ4n) is 2.62. The first-order valence-electron chi connectivity index (χ1n) is 7.42. The summed E-state index contributed by atoms with van der Waals surface area (Å²) < 4.78 is 13.5. The molecule has 3 heterocycles. The van der Waals surface area contributed by atoms with E-state index in [2.05, 4.69) is 27.0 Å². The molecule has 0 aliphatic carbocycles. The maximum atomic E-state index is 7.92. The SMILES string of the molecule is [2H]c1nnc(C)c2cnc(N3CCC(C)(OC)CC3)cc12. The van der Waals surface area contributed by atoms with Crippen LogP contribution < -0.4 is 4.90 Å². The lowest BCUT2D eigenvalue weighted by Gasteiger charge is -2.39. The second-order valence-electron chi connectivity index (χ2n) is 5.63. The van der Waals surface area contributed by atoms with E-state index in [1.807, 2.05) is 13.0 Å². The van der Waals surface area contributed by atoms with Crippen molar-refractivity contribution in [2.24, 2.45) is 0 Å². The lowest BCUT2D eigenvalue weighted by Crippen LogP contribution is -2.44. The maximum absolute atomic E-state index is 7.92. The van der Waals surface area contributed by atoms with Crippen molar-refractivity contribution in [3.63, 3.8) is 0 Å². The van der Waals surface area contributed by atoms with Gasteiger partial charge in [0.05, 0.1) is 18.8 Å². The molecule has 2 aromatic heterocycles. The monoisotopic (exact) mass is 273 g/mol. The molecular weight excluding hydrogens is 252 g/mol. The van der Waals surface area contributed by atoms with E-state index in [-0.39, 0.29) is 11.8 Å². The summed E-state index contributed by atoms with van der Waals surface area (Å²) in [5, 5.41) is 9.56. The zero-order chi connectivity index (χ0) is 15.0. The summed E-state index contributed by atoms with van der Waals surface area (Å²) in [6.45, 7) is 5.86. The summed E-state index contributed by atoms with van der Waals surface area (Å²) in [6.07, 6.45) is 3.96. The number of hydrogen-bond donors (Lipinski definition) is 0. The van der Waals surface area contributed by atoms with Crippen molar-refractivity contribution >= 4 is 16.6 Å². The van der Waals surface area contributed by atoms with Crippen LogP contribution in [0.4, 0.5) is 5.82 Å². The normalized spacial score (nSPS) is 19.1. The van der Waals surface area contributed by atoms with Gasteiger partial charge in [0.1, 0.15) is 5.82 Å². The molecule has 1 saturated heterocycles. The Morgan fingerprint density at radius 2 is 2.15 bits per heavy atom. The van der Waals surface area contributed by atoms with Gasteiger partial charge in [0.2, 0.25) is 0 Å². The molecule has 0 amide bonds. The van der Waals surface area contributed by atoms with E-state index in [4.69, 9.17) is 6.11 Å². The van der Waals surface area contributed by atoms with Gasteiger partial charge >= 0.3 is 0 Å². The van der Waals surface area contributed by atoms with Crippen LogP contribution in [0.2, 0.25) is 0 Å². The number of ether oxygens (including phenoxy) is 1. The van der Waals surface area contributed by atoms with Gasteiger partial charge in [-0.15, -0.1) is 0 Å². The first kappa shape index (κ1) is 12.0. The second kappa shape index (κ2) is 4.98. The molecule has 0 unspecified atom stereocenters. The Kier molecular flexibility index (Phi) is 2.99. The van der Waals surface area contributed by atoms with E-state index in [1.165, 1.54) is 0 Å². The number of fused-ring (bicyclic) bond motifs is 1. The molecule has 0 aromatic carbocycles. The topological polar surface area (TPSA) is 51.1 Å². The van der Waals surface area contributed by atoms with Crippen molar-refractivity contribution in [2.75, 3.05) is 25.1 Å². The van der Waals surface area contributed by atoms with Crippen LogP contribution >= 0.6 is 0 Å². The Labute approximate surface area is 120 Å². The number of anilines is 1. The van der Waals surface area contributed by atoms with Crippen molar-refractivity contribution in [3.05, 3.63) is 24.1 Å². The molecule has 0 atom stereocenters. The third-order valence-corrected chi connectivity index (χ3v) is 4.29. The van der Waals surface area contributed by atoms with Gasteiger partial charge in [-0.2, -0.15) is 10.2 Å². The second-order valence-corrected chi connectivity index (χ2v) is 5.63. The standard InChI is InChI=1S/C15H20N4O/c1-11-13-10-16-14(8-12(13)9-17-18-11)19-6-4-15(2,20-3)5-7-19/h8-10H,4-7H2,1-3H3/i9D. The molecule has 5 nitrogen and oxygen atoms in total. The molecular formula is C15H20N4O. The number of rotatable bonds is 2. The summed E-state index contributed by atoms with van der Waals surface area (Å²) >= 11 is 0. The third-order valence-electron chi connectivity index (χ3n) is 4.29. The molecule has 1 aliphatic heterocycles. The van der Waals surface area contributed by atoms with Crippen molar-refractivity contribution in [2.45, 2.75) is 32.3 Å². The number of methoxy groups -OCH3 is 1. The molecule has 1 fully saturated rings. The molecule has 106 valence electrons. The smallest absolute Gasteiger partial charge is 0.129 e. The Morgan fingerprint density at radius 1 is 1.40 bits per heavy atom. The molecule has 3 rings (SSSR count). The Morgan fingerprint density at radius 3 is 2.85 bits per heavy atom. The highest BCUT2D eigenvalue weighted by molar-refractivity contribution is 5.84. The molecule has 20 heavy (non-hydrogen) atoms. The van der Waals surface area contributed by atoms with Gasteiger partial charge in [-0.3, -0.25) is 0 Å². The first-order valence-corrected chi connectivity index (χ1v) is 6.92. The lowest BCUT2D eigenvalue weighted by molar-refractivity contribution is -0.0133. The van der Waals surface area contributed by atoms with Crippen LogP contribution in [0.15, 0.2) is 18.4 Å². The molecule has 1 aliphatic rings. The highest BCUT2D eigenvalue weighted by atomic mass is 16.5. The highest BCUT2D eigenvalue weighted by Crippen LogP contribution is 2.28. The maximum Gasteiger partial charge on any atom is 0.129 e. The van der Waals surface area contributed by atoms with Crippen LogP contribution in [0.5, 0.6) is 0 Å². The van der Waals surface area contributed by atoms with Crippen LogP contribution in [0.25, 0.3) is 10.8 Å². The van der Waals surface area contributed by atoms with Gasteiger partial charge in [0.15, 0.2) is 0 Å². The van der Waals surface area contributed by atoms with Crippen molar-refractivity contribution < 1.29 is 6.11 Å². The van der Waals surface area contributed by atoms with Gasteiger partial charge in [-0.25, -0.2) is 4.98 Å². The number of aromatic nitrogens is 3. The molecule has 5 heteroatoms. The highest BCUT2D eigenvalue weighted by Gasteiger charge is 2.30. The predicted octanol–water partition coefficient (Wildman–Crippen LogP) is 2.34. The first-order chi connectivity index (χ1) is 10.0. The van der Waals surface area contributed by atoms with Gasteiger partial charge in [0.25, 0.3) is 0 Å². The van der Waals surface area contributed by atoms with E-state index in [0.29, 0.717) is 0 Å². The average molecular weight is 273 g/mol. The predicted molar refractivity (Wildman–Crippen MR) is 78.9 cm³/mol. The van der Waals surface area contributed by atoms with E-state index >= 15 is 0 Å². The van der Waals surface area contributed by atoms with Crippen LogP contribution in [0, 0.1) is 6.92 Å². The zero-order valence-corrected chi connectivity index (χ0v) is 12.2. The summed E-state index contributed by atoms with van der Waals surface area (Å²) in [7, 11) is 1.78. The van der Waals surface area contributed by atoms with Gasteiger partial charge < -0.3 is 9.64 Å². The summed E-state index contributed by atoms with van der Waals surface area (Å²) in [5.41, 5.74) is 0.779. The summed E-state index contributed by atoms with van der Waals surface area (Å²) in [6, 6.07) is 1.95. The number of piperidine rings is 1. The summed E-state index contributed by atoms with van der Waals surface area (Å²) in [4.78, 5) is 6.79. The number of aryl methyl sites for hydroxylation is 1. The molecule has 0 N–H and O–H groups in total. The Bertz CT molecular complexity index is 668. The summed E-state index contributed by atoms with van der Waals surface area (Å²) in [5.74, 6) is 0.904. The number of pyridine rings is 1. The molecule has 0 saturated carbocycles. The largest absolute Gasteiger partial charge is 0.378 e. The quantitative estimate of drug-likeness (QED) is 0.840. The molecule has 0 radical (unpaired) electrons. The van der Waals surface area contributed by atoms with Crippen LogP contribution in [-0.4, -0.2) is 41.0 Å². The number of hydrogen-bond acceptors (Lipinski definition) is 5. The van der Waals surface area contributed by atoms with Gasteiger partial charge in [-0.1, -0.05) is 0 Å². The minimum absolute atomic E-state index is 0.0318. The van der Waals surface area contributed by atoms with E-state index < -0.39 is 0 Å². The van der Waals surface area contributed by atoms with Crippen LogP contribution in [0.1, 0.15) is 26.8 Å². The zero-order valence-electron chi connectivity index (χ0n) is 13.2. The Hall–Kier alpha value is -1.75. The number of nitrogens with zero attached hydrogens (tertiary/aromatic N) is 4. The van der Waals surface area contributed by atoms with Crippen LogP contribution in [0.3, 0.4) is 0 Å². The fourth-order valence-corrected chi connectivity index (χ4v) is 2.62. The molecule has 0 bridgehead atoms. The van der Waals surface area contributed by atoms with E-state index in [9.17, 15) is 0 Å². The van der Waals surface area contributed by atoms with E-state index in [0.717, 1.165) is 48.2 Å². The van der Waals surface area contributed by atoms with E-state index in [1.54, 1.807) is 13.3 Å². The molecule has 2 aromatic rings. The van der Waals surface area contributed by atoms with Gasteiger partial charge in [-0.05, 0) is 32.8 Å². The minimum Gasteiger partial charge on any atom is -0.378 e. The Balaban J connectivity index is 1.91. The fraction of sp³-hybridized carbons (Fsp3) is 0.533. The average Bonchev–Trinajstić information content (AvgIpc) is 2.51. The molecule has 0 spiro atoms. The lowest BCUT2D eigenvalue weighted by atomic mass is 9.93. The van der Waals surface area contributed by atoms with Crippen molar-refractivity contribution in [1.82, 2.24) is 15.2 Å².